The van der Waals surface area contributed by atoms with E-state index < -0.39 is 4.92 Å². The van der Waals surface area contributed by atoms with Gasteiger partial charge in [0.2, 0.25) is 11.8 Å². The molecule has 2 aromatic rings. The molecule has 0 N–H and O–H groups in total. The summed E-state index contributed by atoms with van der Waals surface area (Å²) in [4.78, 5) is 39.6. The first-order valence-corrected chi connectivity index (χ1v) is 10.1. The summed E-state index contributed by atoms with van der Waals surface area (Å²) in [6.45, 7) is 1.61. The Morgan fingerprint density at radius 3 is 2.47 bits per heavy atom. The topological polar surface area (TPSA) is 83.8 Å². The monoisotopic (exact) mass is 405 g/mol. The van der Waals surface area contributed by atoms with Crippen molar-refractivity contribution in [1.82, 2.24) is 4.90 Å². The molecule has 0 spiro atoms. The van der Waals surface area contributed by atoms with Crippen molar-refractivity contribution in [1.29, 1.82) is 0 Å². The van der Waals surface area contributed by atoms with Crippen LogP contribution in [0.3, 0.4) is 0 Å². The van der Waals surface area contributed by atoms with Crippen molar-refractivity contribution < 1.29 is 14.5 Å². The summed E-state index contributed by atoms with van der Waals surface area (Å²) < 4.78 is 0. The van der Waals surface area contributed by atoms with Gasteiger partial charge in [0, 0.05) is 43.8 Å². The average Bonchev–Trinajstić information content (AvgIpc) is 3.21. The molecule has 0 atom stereocenters. The van der Waals surface area contributed by atoms with Gasteiger partial charge in [-0.3, -0.25) is 19.7 Å². The van der Waals surface area contributed by atoms with Crippen molar-refractivity contribution >= 4 is 29.3 Å². The van der Waals surface area contributed by atoms with E-state index in [9.17, 15) is 19.7 Å². The Morgan fingerprint density at radius 1 is 1.03 bits per heavy atom. The zero-order valence-electron chi connectivity index (χ0n) is 16.6. The van der Waals surface area contributed by atoms with Crippen LogP contribution in [0.5, 0.6) is 0 Å². The highest BCUT2D eigenvalue weighted by Gasteiger charge is 2.33. The highest BCUT2D eigenvalue weighted by atomic mass is 16.6. The van der Waals surface area contributed by atoms with E-state index in [0.29, 0.717) is 44.6 Å². The molecule has 0 saturated carbocycles. The zero-order valence-corrected chi connectivity index (χ0v) is 16.6. The number of benzene rings is 2. The van der Waals surface area contributed by atoms with Crippen LogP contribution in [0.2, 0.25) is 0 Å². The lowest BCUT2D eigenvalue weighted by atomic mass is 9.95. The maximum absolute atomic E-state index is 13.1. The van der Waals surface area contributed by atoms with Gasteiger partial charge in [-0.25, -0.2) is 0 Å². The molecule has 2 aliphatic heterocycles. The molecule has 2 aromatic carbocycles. The number of hydrogen-bond donors (Lipinski definition) is 0. The van der Waals surface area contributed by atoms with Gasteiger partial charge >= 0.3 is 0 Å². The predicted molar refractivity (Wildman–Crippen MR) is 114 cm³/mol. The molecule has 2 aliphatic rings. The van der Waals surface area contributed by atoms with Crippen molar-refractivity contribution in [3.63, 3.8) is 0 Å². The second-order valence-electron chi connectivity index (χ2n) is 7.65. The molecule has 7 heteroatoms. The van der Waals surface area contributed by atoms with Crippen LogP contribution in [0.1, 0.15) is 24.0 Å². The fraction of sp³-hybridized carbons (Fsp3) is 0.304. The van der Waals surface area contributed by atoms with Gasteiger partial charge in [0.1, 0.15) is 0 Å². The highest BCUT2D eigenvalue weighted by Crippen LogP contribution is 2.34. The van der Waals surface area contributed by atoms with E-state index in [2.05, 4.69) is 0 Å². The van der Waals surface area contributed by atoms with Gasteiger partial charge in [-0.15, -0.1) is 0 Å². The lowest BCUT2D eigenvalue weighted by Gasteiger charge is -2.32. The molecule has 0 unspecified atom stereocenters. The number of rotatable bonds is 4. The average molecular weight is 405 g/mol. The molecule has 154 valence electrons. The number of likely N-dealkylation sites (tertiary alicyclic amines) is 1. The Hall–Kier alpha value is -3.48. The fourth-order valence-corrected chi connectivity index (χ4v) is 4.11. The second-order valence-corrected chi connectivity index (χ2v) is 7.65. The van der Waals surface area contributed by atoms with Crippen molar-refractivity contribution in [2.75, 3.05) is 24.5 Å². The molecule has 4 rings (SSSR count). The second kappa shape index (κ2) is 8.49. The number of carbonyl (C=O) groups is 2. The Labute approximate surface area is 174 Å². The van der Waals surface area contributed by atoms with Gasteiger partial charge in [0.05, 0.1) is 10.6 Å². The van der Waals surface area contributed by atoms with E-state index in [1.165, 1.54) is 12.1 Å². The number of anilines is 1. The van der Waals surface area contributed by atoms with Crippen LogP contribution in [-0.2, 0) is 16.0 Å². The quantitative estimate of drug-likeness (QED) is 0.443. The SMILES string of the molecule is O=C(/C=C/c1ccccc1)N1CCC(C(=O)N2CCc3ccc([N+](=O)[O-])cc32)CC1. The maximum atomic E-state index is 13.1. The molecule has 1 saturated heterocycles. The number of non-ortho nitro benzene ring substituents is 1. The Bertz CT molecular complexity index is 995. The number of carbonyl (C=O) groups excluding carboxylic acids is 2. The number of nitro benzene ring substituents is 1. The van der Waals surface area contributed by atoms with Gasteiger partial charge in [0.25, 0.3) is 5.69 Å². The van der Waals surface area contributed by atoms with Crippen LogP contribution < -0.4 is 4.90 Å². The fourth-order valence-electron chi connectivity index (χ4n) is 4.11. The zero-order chi connectivity index (χ0) is 21.1. The normalized spacial score (nSPS) is 16.7. The summed E-state index contributed by atoms with van der Waals surface area (Å²) in [5.74, 6) is -0.217. The first-order chi connectivity index (χ1) is 14.5. The molecule has 0 aromatic heterocycles. The van der Waals surface area contributed by atoms with E-state index >= 15 is 0 Å². The molecule has 1 fully saturated rings. The van der Waals surface area contributed by atoms with Crippen molar-refractivity contribution in [2.45, 2.75) is 19.3 Å². The third-order valence-corrected chi connectivity index (χ3v) is 5.82. The molecule has 0 bridgehead atoms. The summed E-state index contributed by atoms with van der Waals surface area (Å²) in [7, 11) is 0. The van der Waals surface area contributed by atoms with Crippen LogP contribution >= 0.6 is 0 Å². The minimum absolute atomic E-state index is 0.000862. The van der Waals surface area contributed by atoms with Crippen LogP contribution in [0.15, 0.2) is 54.6 Å². The van der Waals surface area contributed by atoms with Crippen LogP contribution in [-0.4, -0.2) is 41.3 Å². The standard InChI is InChI=1S/C23H23N3O4/c27-22(9-6-17-4-2-1-3-5-17)24-13-10-19(11-14-24)23(28)25-15-12-18-7-8-20(26(29)30)16-21(18)25/h1-9,16,19H,10-15H2/b9-6+. The van der Waals surface area contributed by atoms with Gasteiger partial charge in [-0.1, -0.05) is 36.4 Å². The first-order valence-electron chi connectivity index (χ1n) is 10.1. The third kappa shape index (κ3) is 4.10. The van der Waals surface area contributed by atoms with Crippen LogP contribution in [0.4, 0.5) is 11.4 Å². The number of piperidine rings is 1. The molecule has 2 heterocycles. The summed E-state index contributed by atoms with van der Waals surface area (Å²) >= 11 is 0. The van der Waals surface area contributed by atoms with Gasteiger partial charge in [0.15, 0.2) is 0 Å². The smallest absolute Gasteiger partial charge is 0.271 e. The molecule has 7 nitrogen and oxygen atoms in total. The van der Waals surface area contributed by atoms with E-state index in [1.807, 2.05) is 30.3 Å². The minimum atomic E-state index is -0.436. The number of amides is 2. The molecular formula is C23H23N3O4. The van der Waals surface area contributed by atoms with Crippen molar-refractivity contribution in [2.24, 2.45) is 5.92 Å². The summed E-state index contributed by atoms with van der Waals surface area (Å²) in [5.41, 5.74) is 2.59. The number of nitrogens with zero attached hydrogens (tertiary/aromatic N) is 3. The minimum Gasteiger partial charge on any atom is -0.339 e. The van der Waals surface area contributed by atoms with E-state index in [0.717, 1.165) is 11.1 Å². The Kier molecular flexibility index (Phi) is 5.61. The van der Waals surface area contributed by atoms with Gasteiger partial charge < -0.3 is 9.80 Å². The van der Waals surface area contributed by atoms with E-state index in [1.54, 1.807) is 28.0 Å². The Balaban J connectivity index is 1.36. The lowest BCUT2D eigenvalue weighted by molar-refractivity contribution is -0.384. The predicted octanol–water partition coefficient (Wildman–Crippen LogP) is 3.44. The molecule has 2 amide bonds. The van der Waals surface area contributed by atoms with Crippen LogP contribution in [0, 0.1) is 16.0 Å². The maximum Gasteiger partial charge on any atom is 0.271 e. The first kappa shape index (κ1) is 19.8. The molecule has 30 heavy (non-hydrogen) atoms. The third-order valence-electron chi connectivity index (χ3n) is 5.82. The summed E-state index contributed by atoms with van der Waals surface area (Å²) in [6, 6.07) is 14.4. The highest BCUT2D eigenvalue weighted by molar-refractivity contribution is 5.98. The summed E-state index contributed by atoms with van der Waals surface area (Å²) in [5, 5.41) is 11.1. The van der Waals surface area contributed by atoms with Crippen LogP contribution in [0.25, 0.3) is 6.08 Å². The molecule has 0 radical (unpaired) electrons. The largest absolute Gasteiger partial charge is 0.339 e. The molecular weight excluding hydrogens is 382 g/mol. The van der Waals surface area contributed by atoms with Crippen molar-refractivity contribution in [3.05, 3.63) is 75.8 Å². The van der Waals surface area contributed by atoms with Gasteiger partial charge in [-0.2, -0.15) is 0 Å². The van der Waals surface area contributed by atoms with Crippen molar-refractivity contribution in [3.8, 4) is 0 Å². The van der Waals surface area contributed by atoms with E-state index in [-0.39, 0.29) is 23.4 Å². The Morgan fingerprint density at radius 2 is 1.77 bits per heavy atom. The number of fused-ring (bicyclic) bond motifs is 1. The van der Waals surface area contributed by atoms with E-state index in [4.69, 9.17) is 0 Å². The van der Waals surface area contributed by atoms with Gasteiger partial charge in [-0.05, 0) is 36.5 Å². The lowest BCUT2D eigenvalue weighted by Crippen LogP contribution is -2.43. The number of nitro groups is 1. The molecule has 0 aliphatic carbocycles. The number of hydrogen-bond acceptors (Lipinski definition) is 4. The summed E-state index contributed by atoms with van der Waals surface area (Å²) in [6.07, 6.45) is 5.29.